The van der Waals surface area contributed by atoms with E-state index in [9.17, 15) is 4.79 Å². The minimum absolute atomic E-state index is 0.00966. The molecule has 24 heavy (non-hydrogen) atoms. The molecule has 2 aliphatic carbocycles. The number of nitrogens with one attached hydrogen (secondary N) is 1. The Morgan fingerprint density at radius 2 is 2.00 bits per heavy atom. The lowest BCUT2D eigenvalue weighted by molar-refractivity contribution is 0.0755. The second-order valence-corrected chi connectivity index (χ2v) is 7.05. The Kier molecular flexibility index (Phi) is 5.74. The Morgan fingerprint density at radius 3 is 2.71 bits per heavy atom. The van der Waals surface area contributed by atoms with Crippen LogP contribution < -0.4 is 15.8 Å². The highest BCUT2D eigenvalue weighted by molar-refractivity contribution is 5.94. The van der Waals surface area contributed by atoms with Gasteiger partial charge in [0.2, 0.25) is 0 Å². The van der Waals surface area contributed by atoms with Crippen molar-refractivity contribution in [1.29, 1.82) is 0 Å². The van der Waals surface area contributed by atoms with Crippen LogP contribution in [-0.2, 0) is 4.74 Å². The third kappa shape index (κ3) is 4.08. The van der Waals surface area contributed by atoms with Crippen molar-refractivity contribution in [3.05, 3.63) is 29.8 Å². The van der Waals surface area contributed by atoms with Gasteiger partial charge >= 0.3 is 0 Å². The smallest absolute Gasteiger partial charge is 0.251 e. The number of fused-ring (bicyclic) bond motifs is 2. The van der Waals surface area contributed by atoms with Gasteiger partial charge in [0.1, 0.15) is 12.4 Å². The highest BCUT2D eigenvalue weighted by atomic mass is 16.5. The molecule has 2 bridgehead atoms. The van der Waals surface area contributed by atoms with Crippen LogP contribution in [0.5, 0.6) is 5.75 Å². The normalized spacial score (nSPS) is 29.1. The van der Waals surface area contributed by atoms with Gasteiger partial charge in [-0.05, 0) is 55.7 Å². The van der Waals surface area contributed by atoms with Crippen molar-refractivity contribution in [2.45, 2.75) is 44.2 Å². The molecule has 3 N–H and O–H groups in total. The molecule has 1 amide bonds. The molecular formula is C19H28N2O3. The highest BCUT2D eigenvalue weighted by Crippen LogP contribution is 2.39. The molecule has 2 atom stereocenters. The van der Waals surface area contributed by atoms with E-state index in [0.29, 0.717) is 42.4 Å². The van der Waals surface area contributed by atoms with Crippen LogP contribution in [0.2, 0.25) is 0 Å². The number of carbonyl (C=O) groups excluding carboxylic acids is 1. The van der Waals surface area contributed by atoms with E-state index >= 15 is 0 Å². The van der Waals surface area contributed by atoms with Crippen LogP contribution in [-0.4, -0.2) is 38.3 Å². The predicted octanol–water partition coefficient (Wildman–Crippen LogP) is 2.35. The fourth-order valence-corrected chi connectivity index (χ4v) is 4.23. The SMILES string of the molecule is COCCOc1cccc(C(=O)NC2C3CCCC2CC(N)C3)c1. The number of methoxy groups -OCH3 is 1. The minimum Gasteiger partial charge on any atom is -0.491 e. The van der Waals surface area contributed by atoms with Crippen molar-refractivity contribution in [2.24, 2.45) is 17.6 Å². The molecule has 2 saturated carbocycles. The second-order valence-electron chi connectivity index (χ2n) is 7.05. The van der Waals surface area contributed by atoms with E-state index < -0.39 is 0 Å². The molecule has 2 aliphatic rings. The molecule has 0 aliphatic heterocycles. The van der Waals surface area contributed by atoms with Crippen molar-refractivity contribution < 1.29 is 14.3 Å². The van der Waals surface area contributed by atoms with E-state index in [1.807, 2.05) is 18.2 Å². The molecule has 5 nitrogen and oxygen atoms in total. The van der Waals surface area contributed by atoms with Crippen molar-refractivity contribution in [3.63, 3.8) is 0 Å². The zero-order chi connectivity index (χ0) is 16.9. The van der Waals surface area contributed by atoms with Crippen LogP contribution in [0.15, 0.2) is 24.3 Å². The Labute approximate surface area is 143 Å². The van der Waals surface area contributed by atoms with E-state index in [4.69, 9.17) is 15.2 Å². The molecule has 5 heteroatoms. The van der Waals surface area contributed by atoms with Crippen LogP contribution in [0, 0.1) is 11.8 Å². The molecule has 0 saturated heterocycles. The topological polar surface area (TPSA) is 73.6 Å². The first-order chi connectivity index (χ1) is 11.7. The number of amides is 1. The molecule has 132 valence electrons. The number of rotatable bonds is 6. The quantitative estimate of drug-likeness (QED) is 0.784. The van der Waals surface area contributed by atoms with Crippen molar-refractivity contribution >= 4 is 5.91 Å². The van der Waals surface area contributed by atoms with E-state index in [0.717, 1.165) is 12.8 Å². The first-order valence-corrected chi connectivity index (χ1v) is 8.95. The predicted molar refractivity (Wildman–Crippen MR) is 93.1 cm³/mol. The summed E-state index contributed by atoms with van der Waals surface area (Å²) in [6.45, 7) is 1.01. The summed E-state index contributed by atoms with van der Waals surface area (Å²) in [7, 11) is 1.64. The average molecular weight is 332 g/mol. The summed E-state index contributed by atoms with van der Waals surface area (Å²) in [6, 6.07) is 7.92. The van der Waals surface area contributed by atoms with Gasteiger partial charge in [0, 0.05) is 24.8 Å². The molecule has 0 aromatic heterocycles. The van der Waals surface area contributed by atoms with Crippen LogP contribution in [0.3, 0.4) is 0 Å². The fraction of sp³-hybridized carbons (Fsp3) is 0.632. The van der Waals surface area contributed by atoms with Crippen molar-refractivity contribution in [1.82, 2.24) is 5.32 Å². The fourth-order valence-electron chi connectivity index (χ4n) is 4.23. The molecule has 2 unspecified atom stereocenters. The number of benzene rings is 1. The summed E-state index contributed by atoms with van der Waals surface area (Å²) >= 11 is 0. The number of nitrogens with two attached hydrogens (primary N) is 1. The van der Waals surface area contributed by atoms with Gasteiger partial charge in [-0.25, -0.2) is 0 Å². The van der Waals surface area contributed by atoms with Crippen LogP contribution >= 0.6 is 0 Å². The lowest BCUT2D eigenvalue weighted by atomic mass is 9.67. The summed E-state index contributed by atoms with van der Waals surface area (Å²) in [6.07, 6.45) is 5.67. The van der Waals surface area contributed by atoms with Gasteiger partial charge in [-0.3, -0.25) is 4.79 Å². The van der Waals surface area contributed by atoms with Gasteiger partial charge in [-0.1, -0.05) is 12.5 Å². The first kappa shape index (κ1) is 17.2. The van der Waals surface area contributed by atoms with Gasteiger partial charge in [0.15, 0.2) is 0 Å². The third-order valence-corrected chi connectivity index (χ3v) is 5.33. The zero-order valence-corrected chi connectivity index (χ0v) is 14.4. The second kappa shape index (κ2) is 7.99. The highest BCUT2D eigenvalue weighted by Gasteiger charge is 2.39. The van der Waals surface area contributed by atoms with E-state index in [1.165, 1.54) is 19.3 Å². The van der Waals surface area contributed by atoms with Crippen molar-refractivity contribution in [3.8, 4) is 5.75 Å². The summed E-state index contributed by atoms with van der Waals surface area (Å²) < 4.78 is 10.6. The Bertz CT molecular complexity index is 549. The maximum atomic E-state index is 12.7. The van der Waals surface area contributed by atoms with Crippen LogP contribution in [0.4, 0.5) is 0 Å². The van der Waals surface area contributed by atoms with Gasteiger partial charge in [0.05, 0.1) is 6.61 Å². The van der Waals surface area contributed by atoms with Gasteiger partial charge in [-0.2, -0.15) is 0 Å². The lowest BCUT2D eigenvalue weighted by Crippen LogP contribution is -2.53. The van der Waals surface area contributed by atoms with Gasteiger partial charge in [0.25, 0.3) is 5.91 Å². The van der Waals surface area contributed by atoms with Crippen LogP contribution in [0.25, 0.3) is 0 Å². The Morgan fingerprint density at radius 1 is 1.25 bits per heavy atom. The van der Waals surface area contributed by atoms with E-state index in [-0.39, 0.29) is 11.9 Å². The van der Waals surface area contributed by atoms with Gasteiger partial charge < -0.3 is 20.5 Å². The average Bonchev–Trinajstić information content (AvgIpc) is 2.56. The Hall–Kier alpha value is -1.59. The molecule has 3 rings (SSSR count). The lowest BCUT2D eigenvalue weighted by Gasteiger charge is -2.45. The summed E-state index contributed by atoms with van der Waals surface area (Å²) in [5.74, 6) is 1.74. The van der Waals surface area contributed by atoms with Crippen molar-refractivity contribution in [2.75, 3.05) is 20.3 Å². The first-order valence-electron chi connectivity index (χ1n) is 8.95. The molecule has 1 aromatic carbocycles. The molecule has 1 aromatic rings. The largest absolute Gasteiger partial charge is 0.491 e. The van der Waals surface area contributed by atoms with Crippen LogP contribution in [0.1, 0.15) is 42.5 Å². The van der Waals surface area contributed by atoms with E-state index in [1.54, 1.807) is 13.2 Å². The standard InChI is InChI=1S/C19H28N2O3/c1-23-8-9-24-17-7-3-6-15(12-17)19(22)21-18-13-4-2-5-14(18)11-16(20)10-13/h3,6-7,12-14,16,18H,2,4-5,8-11,20H2,1H3,(H,21,22). The number of ether oxygens (including phenoxy) is 2. The summed E-state index contributed by atoms with van der Waals surface area (Å²) in [4.78, 5) is 12.7. The number of hydrogen-bond donors (Lipinski definition) is 2. The molecular weight excluding hydrogens is 304 g/mol. The number of carbonyl (C=O) groups is 1. The molecule has 0 heterocycles. The third-order valence-electron chi connectivity index (χ3n) is 5.33. The monoisotopic (exact) mass is 332 g/mol. The minimum atomic E-state index is -0.00966. The number of hydrogen-bond acceptors (Lipinski definition) is 4. The zero-order valence-electron chi connectivity index (χ0n) is 14.4. The molecule has 0 spiro atoms. The molecule has 2 fully saturated rings. The summed E-state index contributed by atoms with van der Waals surface area (Å²) in [5, 5.41) is 3.28. The van der Waals surface area contributed by atoms with E-state index in [2.05, 4.69) is 5.32 Å². The van der Waals surface area contributed by atoms with Gasteiger partial charge in [-0.15, -0.1) is 0 Å². The summed E-state index contributed by atoms with van der Waals surface area (Å²) in [5.41, 5.74) is 6.82. The molecule has 0 radical (unpaired) electrons. The Balaban J connectivity index is 1.63. The maximum Gasteiger partial charge on any atom is 0.251 e. The maximum absolute atomic E-state index is 12.7.